The summed E-state index contributed by atoms with van der Waals surface area (Å²) in [5, 5.41) is 8.64. The smallest absolute Gasteiger partial charge is 0.230 e. The molecular formula is C33H45N7O3. The maximum Gasteiger partial charge on any atom is 0.230 e. The maximum absolute atomic E-state index is 12.7. The van der Waals surface area contributed by atoms with Crippen LogP contribution in [0.4, 0.5) is 17.5 Å². The van der Waals surface area contributed by atoms with Crippen LogP contribution in [0.1, 0.15) is 91.4 Å². The van der Waals surface area contributed by atoms with Crippen molar-refractivity contribution in [2.75, 3.05) is 16.0 Å². The minimum atomic E-state index is -0.651. The van der Waals surface area contributed by atoms with Crippen molar-refractivity contribution in [2.45, 2.75) is 80.7 Å². The zero-order valence-electron chi connectivity index (χ0n) is 26.7. The van der Waals surface area contributed by atoms with Gasteiger partial charge in [-0.1, -0.05) is 80.5 Å². The normalized spacial score (nSPS) is 13.5. The summed E-state index contributed by atoms with van der Waals surface area (Å²) in [5.41, 5.74) is 7.01. The van der Waals surface area contributed by atoms with Gasteiger partial charge in [-0.05, 0) is 42.8 Å². The zero-order chi connectivity index (χ0) is 32.2. The summed E-state index contributed by atoms with van der Waals surface area (Å²) in [4.78, 5) is 52.0. The number of carbonyl (C=O) groups is 3. The van der Waals surface area contributed by atoms with Crippen LogP contribution < -0.4 is 21.7 Å². The number of pyridine rings is 3. The number of anilines is 3. The Kier molecular flexibility index (Phi) is 10.1. The van der Waals surface area contributed by atoms with Gasteiger partial charge in [-0.15, -0.1) is 0 Å². The lowest BCUT2D eigenvalue weighted by Crippen LogP contribution is -2.29. The Morgan fingerprint density at radius 3 is 1.42 bits per heavy atom. The number of aromatic nitrogens is 3. The molecule has 0 bridgehead atoms. The number of nitrogens with one attached hydrogen (secondary N) is 3. The van der Waals surface area contributed by atoms with Crippen molar-refractivity contribution in [2.24, 2.45) is 22.0 Å². The fraction of sp³-hybridized carbons (Fsp3) is 0.455. The molecule has 0 aliphatic carbocycles. The van der Waals surface area contributed by atoms with E-state index in [0.717, 1.165) is 0 Å². The van der Waals surface area contributed by atoms with Gasteiger partial charge in [-0.3, -0.25) is 14.4 Å². The minimum absolute atomic E-state index is 0.146. The van der Waals surface area contributed by atoms with E-state index in [-0.39, 0.29) is 17.7 Å². The summed E-state index contributed by atoms with van der Waals surface area (Å²) in [7, 11) is 0. The van der Waals surface area contributed by atoms with Gasteiger partial charge in [0.1, 0.15) is 17.5 Å². The van der Waals surface area contributed by atoms with Crippen molar-refractivity contribution in [3.63, 3.8) is 0 Å². The van der Waals surface area contributed by atoms with Crippen molar-refractivity contribution in [1.82, 2.24) is 15.0 Å². The molecule has 0 saturated carbocycles. The molecule has 0 aliphatic heterocycles. The molecule has 0 radical (unpaired) electrons. The number of rotatable bonds is 8. The number of amides is 3. The predicted octanol–water partition coefficient (Wildman–Crippen LogP) is 5.85. The van der Waals surface area contributed by atoms with Crippen LogP contribution in [0.3, 0.4) is 0 Å². The summed E-state index contributed by atoms with van der Waals surface area (Å²) in [5.74, 6) is 0.356. The van der Waals surface area contributed by atoms with E-state index >= 15 is 0 Å². The van der Waals surface area contributed by atoms with E-state index < -0.39 is 28.2 Å². The molecule has 10 heteroatoms. The Morgan fingerprint density at radius 1 is 0.605 bits per heavy atom. The molecule has 3 aromatic heterocycles. The van der Waals surface area contributed by atoms with Gasteiger partial charge in [-0.2, -0.15) is 0 Å². The highest BCUT2D eigenvalue weighted by Gasteiger charge is 2.28. The van der Waals surface area contributed by atoms with Crippen LogP contribution in [0, 0.1) is 16.2 Å². The van der Waals surface area contributed by atoms with Gasteiger partial charge in [0.15, 0.2) is 0 Å². The van der Waals surface area contributed by atoms with Gasteiger partial charge >= 0.3 is 0 Å². The van der Waals surface area contributed by atoms with Crippen LogP contribution >= 0.6 is 0 Å². The summed E-state index contributed by atoms with van der Waals surface area (Å²) in [6.45, 7) is 16.5. The molecule has 230 valence electrons. The Bertz CT molecular complexity index is 1470. The second-order valence-electron chi connectivity index (χ2n) is 13.9. The van der Waals surface area contributed by atoms with Crippen LogP contribution in [-0.4, -0.2) is 32.7 Å². The Hall–Kier alpha value is -4.18. The molecule has 0 fully saturated rings. The molecule has 3 aromatic rings. The molecule has 0 aliphatic rings. The molecule has 3 heterocycles. The van der Waals surface area contributed by atoms with Gasteiger partial charge in [0, 0.05) is 33.6 Å². The Morgan fingerprint density at radius 2 is 0.977 bits per heavy atom. The SMILES string of the molecule is CC(C)(C)C(=O)Nc1cccc(CC(c2cccc(NC(=O)C(C)(C)C)n2)C(N)c2cccc(NC(=O)C(C)(C)C)n2)n1. The average molecular weight is 588 g/mol. The highest BCUT2D eigenvalue weighted by atomic mass is 16.2. The van der Waals surface area contributed by atoms with Crippen LogP contribution in [0.2, 0.25) is 0 Å². The maximum atomic E-state index is 12.7. The van der Waals surface area contributed by atoms with Crippen LogP contribution in [0.25, 0.3) is 0 Å². The zero-order valence-corrected chi connectivity index (χ0v) is 26.7. The van der Waals surface area contributed by atoms with E-state index in [4.69, 9.17) is 15.7 Å². The van der Waals surface area contributed by atoms with Crippen molar-refractivity contribution in [3.05, 3.63) is 71.7 Å². The summed E-state index contributed by atoms with van der Waals surface area (Å²) < 4.78 is 0. The van der Waals surface area contributed by atoms with Crippen molar-refractivity contribution >= 4 is 35.2 Å². The second-order valence-corrected chi connectivity index (χ2v) is 13.9. The Balaban J connectivity index is 2.00. The van der Waals surface area contributed by atoms with Gasteiger partial charge in [0.2, 0.25) is 17.7 Å². The third kappa shape index (κ3) is 9.41. The Labute approximate surface area is 254 Å². The molecule has 5 N–H and O–H groups in total. The number of hydrogen-bond donors (Lipinski definition) is 4. The second kappa shape index (κ2) is 13.0. The molecule has 3 amide bonds. The fourth-order valence-corrected chi connectivity index (χ4v) is 3.86. The lowest BCUT2D eigenvalue weighted by Gasteiger charge is -2.25. The molecule has 0 spiro atoms. The van der Waals surface area contributed by atoms with Crippen molar-refractivity contribution in [1.29, 1.82) is 0 Å². The molecular weight excluding hydrogens is 542 g/mol. The first-order chi connectivity index (χ1) is 19.8. The quantitative estimate of drug-likeness (QED) is 0.258. The van der Waals surface area contributed by atoms with E-state index in [0.29, 0.717) is 41.0 Å². The third-order valence-electron chi connectivity index (χ3n) is 6.70. The lowest BCUT2D eigenvalue weighted by molar-refractivity contribution is -0.123. The molecule has 3 rings (SSSR count). The number of carbonyl (C=O) groups excluding carboxylic acids is 3. The van der Waals surface area contributed by atoms with E-state index in [1.807, 2.05) is 92.6 Å². The molecule has 0 aromatic carbocycles. The van der Waals surface area contributed by atoms with Crippen LogP contribution in [0.5, 0.6) is 0 Å². The van der Waals surface area contributed by atoms with E-state index in [9.17, 15) is 14.4 Å². The molecule has 2 atom stereocenters. The summed E-state index contributed by atoms with van der Waals surface area (Å²) in [6, 6.07) is 15.5. The summed E-state index contributed by atoms with van der Waals surface area (Å²) >= 11 is 0. The highest BCUT2D eigenvalue weighted by molar-refractivity contribution is 5.94. The number of nitrogens with zero attached hydrogens (tertiary/aromatic N) is 3. The lowest BCUT2D eigenvalue weighted by atomic mass is 9.88. The van der Waals surface area contributed by atoms with E-state index in [2.05, 4.69) is 20.9 Å². The van der Waals surface area contributed by atoms with Gasteiger partial charge in [0.05, 0.1) is 11.7 Å². The largest absolute Gasteiger partial charge is 0.322 e. The van der Waals surface area contributed by atoms with Gasteiger partial charge < -0.3 is 21.7 Å². The third-order valence-corrected chi connectivity index (χ3v) is 6.70. The van der Waals surface area contributed by atoms with Gasteiger partial charge in [-0.25, -0.2) is 15.0 Å². The predicted molar refractivity (Wildman–Crippen MR) is 170 cm³/mol. The minimum Gasteiger partial charge on any atom is -0.322 e. The van der Waals surface area contributed by atoms with Crippen LogP contribution in [0.15, 0.2) is 54.6 Å². The van der Waals surface area contributed by atoms with Crippen molar-refractivity contribution < 1.29 is 14.4 Å². The number of hydrogen-bond acceptors (Lipinski definition) is 7. The number of nitrogens with two attached hydrogens (primary N) is 1. The molecule has 10 nitrogen and oxygen atoms in total. The standard InChI is InChI=1S/C33H45N7O3/c1-31(2,3)28(41)38-24-16-10-13-20(35-24)19-21(22-14-11-17-25(36-22)39-29(42)32(4,5)6)27(34)23-15-12-18-26(37-23)40-30(43)33(7,8)9/h10-18,21,27H,19,34H2,1-9H3,(H,35,38,41)(H,36,39,42)(H,37,40,43). The molecule has 2 unspecified atom stereocenters. The summed E-state index contributed by atoms with van der Waals surface area (Å²) in [6.07, 6.45) is 0.365. The van der Waals surface area contributed by atoms with Gasteiger partial charge in [0.25, 0.3) is 0 Å². The monoisotopic (exact) mass is 587 g/mol. The first kappa shape index (κ1) is 33.3. The molecule has 43 heavy (non-hydrogen) atoms. The topological polar surface area (TPSA) is 152 Å². The van der Waals surface area contributed by atoms with Crippen LogP contribution in [-0.2, 0) is 20.8 Å². The fourth-order valence-electron chi connectivity index (χ4n) is 3.86. The van der Waals surface area contributed by atoms with E-state index in [1.165, 1.54) is 0 Å². The molecule has 0 saturated heterocycles. The average Bonchev–Trinajstić information content (AvgIpc) is 2.90. The highest BCUT2D eigenvalue weighted by Crippen LogP contribution is 2.32. The first-order valence-corrected chi connectivity index (χ1v) is 14.4. The van der Waals surface area contributed by atoms with Crippen molar-refractivity contribution in [3.8, 4) is 0 Å². The van der Waals surface area contributed by atoms with E-state index in [1.54, 1.807) is 24.3 Å². The first-order valence-electron chi connectivity index (χ1n) is 14.4.